The molecule has 1 aromatic rings. The molecule has 0 saturated carbocycles. The lowest BCUT2D eigenvalue weighted by molar-refractivity contribution is -0.143. The Kier molecular flexibility index (Phi) is 14.1. The summed E-state index contributed by atoms with van der Waals surface area (Å²) < 4.78 is 72.9. The van der Waals surface area contributed by atoms with Gasteiger partial charge in [0.25, 0.3) is 0 Å². The van der Waals surface area contributed by atoms with E-state index in [1.165, 1.54) is 18.1 Å². The molecule has 0 aliphatic carbocycles. The molecule has 15 nitrogen and oxygen atoms in total. The highest BCUT2D eigenvalue weighted by molar-refractivity contribution is 7.80. The van der Waals surface area contributed by atoms with Gasteiger partial charge in [0.2, 0.25) is 0 Å². The molecule has 30 heavy (non-hydrogen) atoms. The van der Waals surface area contributed by atoms with Crippen molar-refractivity contribution >= 4 is 38.7 Å². The van der Waals surface area contributed by atoms with E-state index >= 15 is 0 Å². The normalized spacial score (nSPS) is 10.3. The standard InChI is InChI=1S/C13H17N3O4.2H2O4S/c1-4-19-13(18)16(3)12-10(6-5-7-15-12)9-20-11(17)8-14-2;2*1-5(2,3)4/h4-7,14H,1,8-9H2,2-3H3;2*(H2,1,2,3,4). The van der Waals surface area contributed by atoms with E-state index in [4.69, 9.17) is 39.8 Å². The van der Waals surface area contributed by atoms with Gasteiger partial charge in [-0.1, -0.05) is 12.6 Å². The molecule has 0 radical (unpaired) electrons. The Balaban J connectivity index is 0. The van der Waals surface area contributed by atoms with Crippen molar-refractivity contribution in [2.75, 3.05) is 25.5 Å². The molecule has 1 rings (SSSR count). The lowest BCUT2D eigenvalue weighted by Crippen LogP contribution is -2.28. The third kappa shape index (κ3) is 20.1. The number of nitrogens with one attached hydrogen (secondary N) is 1. The van der Waals surface area contributed by atoms with E-state index < -0.39 is 32.9 Å². The van der Waals surface area contributed by atoms with Crippen molar-refractivity contribution in [3.63, 3.8) is 0 Å². The molecule has 0 spiro atoms. The summed E-state index contributed by atoms with van der Waals surface area (Å²) in [6.07, 6.45) is 1.95. The van der Waals surface area contributed by atoms with Gasteiger partial charge < -0.3 is 14.8 Å². The Labute approximate surface area is 172 Å². The van der Waals surface area contributed by atoms with Crippen molar-refractivity contribution in [1.29, 1.82) is 0 Å². The van der Waals surface area contributed by atoms with Crippen LogP contribution in [-0.4, -0.2) is 72.7 Å². The van der Waals surface area contributed by atoms with E-state index in [9.17, 15) is 9.59 Å². The average molecular weight is 475 g/mol. The number of likely N-dealkylation sites (N-methyl/N-ethyl adjacent to an activating group) is 1. The predicted octanol–water partition coefficient (Wildman–Crippen LogP) is -0.245. The number of esters is 1. The maximum Gasteiger partial charge on any atom is 0.420 e. The first-order valence-electron chi connectivity index (χ1n) is 7.29. The van der Waals surface area contributed by atoms with Crippen molar-refractivity contribution in [3.05, 3.63) is 36.7 Å². The fourth-order valence-corrected chi connectivity index (χ4v) is 1.44. The molecule has 1 heterocycles. The van der Waals surface area contributed by atoms with Crippen LogP contribution in [0.4, 0.5) is 10.6 Å². The maximum atomic E-state index is 11.6. The summed E-state index contributed by atoms with van der Waals surface area (Å²) >= 11 is 0. The van der Waals surface area contributed by atoms with Crippen molar-refractivity contribution in [1.82, 2.24) is 10.3 Å². The van der Waals surface area contributed by atoms with Crippen LogP contribution in [0, 0.1) is 0 Å². The van der Waals surface area contributed by atoms with Crippen LogP contribution in [0.1, 0.15) is 5.56 Å². The largest absolute Gasteiger partial charge is 0.460 e. The zero-order valence-corrected chi connectivity index (χ0v) is 17.3. The average Bonchev–Trinajstić information content (AvgIpc) is 2.57. The second-order valence-corrected chi connectivity index (χ2v) is 6.47. The van der Waals surface area contributed by atoms with Crippen LogP contribution in [0.15, 0.2) is 31.2 Å². The van der Waals surface area contributed by atoms with Crippen LogP contribution < -0.4 is 10.2 Å². The second-order valence-electron chi connectivity index (χ2n) is 4.68. The summed E-state index contributed by atoms with van der Waals surface area (Å²) in [5, 5.41) is 2.69. The van der Waals surface area contributed by atoms with Gasteiger partial charge >= 0.3 is 32.9 Å². The minimum Gasteiger partial charge on any atom is -0.460 e. The minimum atomic E-state index is -4.67. The molecule has 0 aliphatic heterocycles. The summed E-state index contributed by atoms with van der Waals surface area (Å²) in [6.45, 7) is 3.45. The molecular weight excluding hydrogens is 454 g/mol. The Bertz CT molecular complexity index is 856. The lowest BCUT2D eigenvalue weighted by Gasteiger charge is -2.17. The Hall–Kier alpha value is -2.67. The number of aromatic nitrogens is 1. The number of anilines is 1. The van der Waals surface area contributed by atoms with Gasteiger partial charge in [0.1, 0.15) is 12.4 Å². The number of hydrogen-bond acceptors (Lipinski definition) is 10. The number of ether oxygens (including phenoxy) is 2. The number of pyridine rings is 1. The number of nitrogens with zero attached hydrogens (tertiary/aromatic N) is 2. The highest BCUT2D eigenvalue weighted by Crippen LogP contribution is 2.17. The van der Waals surface area contributed by atoms with Gasteiger partial charge in [-0.3, -0.25) is 27.9 Å². The fraction of sp³-hybridized carbons (Fsp3) is 0.308. The molecule has 0 atom stereocenters. The molecule has 0 bridgehead atoms. The molecular formula is C13H21N3O12S2. The van der Waals surface area contributed by atoms with Crippen LogP contribution in [-0.2, 0) is 41.7 Å². The molecule has 1 aromatic heterocycles. The van der Waals surface area contributed by atoms with Gasteiger partial charge in [0, 0.05) is 18.8 Å². The molecule has 0 fully saturated rings. The smallest absolute Gasteiger partial charge is 0.420 e. The number of hydrogen-bond donors (Lipinski definition) is 5. The monoisotopic (exact) mass is 475 g/mol. The third-order valence-corrected chi connectivity index (χ3v) is 2.35. The van der Waals surface area contributed by atoms with Crippen molar-refractivity contribution in [2.24, 2.45) is 0 Å². The van der Waals surface area contributed by atoms with Gasteiger partial charge in [-0.25, -0.2) is 9.78 Å². The van der Waals surface area contributed by atoms with Crippen LogP contribution in [0.5, 0.6) is 0 Å². The molecule has 17 heteroatoms. The fourth-order valence-electron chi connectivity index (χ4n) is 1.44. The van der Waals surface area contributed by atoms with Crippen molar-refractivity contribution in [3.8, 4) is 0 Å². The summed E-state index contributed by atoms with van der Waals surface area (Å²) in [4.78, 5) is 28.2. The summed E-state index contributed by atoms with van der Waals surface area (Å²) in [6, 6.07) is 3.41. The third-order valence-electron chi connectivity index (χ3n) is 2.35. The number of amides is 1. The van der Waals surface area contributed by atoms with Gasteiger partial charge in [0.05, 0.1) is 12.8 Å². The lowest BCUT2D eigenvalue weighted by atomic mass is 10.2. The highest BCUT2D eigenvalue weighted by atomic mass is 32.3. The highest BCUT2D eigenvalue weighted by Gasteiger charge is 2.17. The molecule has 5 N–H and O–H groups in total. The Morgan fingerprint density at radius 3 is 2.13 bits per heavy atom. The Morgan fingerprint density at radius 1 is 1.20 bits per heavy atom. The zero-order valence-electron chi connectivity index (χ0n) is 15.7. The van der Waals surface area contributed by atoms with Crippen LogP contribution in [0.2, 0.25) is 0 Å². The van der Waals surface area contributed by atoms with E-state index in [0.29, 0.717) is 11.4 Å². The van der Waals surface area contributed by atoms with Crippen molar-refractivity contribution in [2.45, 2.75) is 6.61 Å². The first-order chi connectivity index (χ1) is 13.6. The molecule has 0 unspecified atom stereocenters. The number of rotatable bonds is 6. The topological polar surface area (TPSA) is 230 Å². The molecule has 0 saturated heterocycles. The minimum absolute atomic E-state index is 0.0232. The van der Waals surface area contributed by atoms with E-state index in [0.717, 1.165) is 6.26 Å². The first kappa shape index (κ1) is 29.5. The second kappa shape index (κ2) is 14.3. The quantitative estimate of drug-likeness (QED) is 0.203. The zero-order chi connectivity index (χ0) is 24.0. The summed E-state index contributed by atoms with van der Waals surface area (Å²) in [7, 11) is -6.18. The van der Waals surface area contributed by atoms with Crippen LogP contribution in [0.3, 0.4) is 0 Å². The first-order valence-corrected chi connectivity index (χ1v) is 10.1. The van der Waals surface area contributed by atoms with E-state index in [1.807, 2.05) is 0 Å². The van der Waals surface area contributed by atoms with Crippen molar-refractivity contribution < 1.29 is 54.1 Å². The van der Waals surface area contributed by atoms with Gasteiger partial charge in [0.15, 0.2) is 0 Å². The van der Waals surface area contributed by atoms with E-state index in [-0.39, 0.29) is 13.2 Å². The molecule has 172 valence electrons. The predicted molar refractivity (Wildman–Crippen MR) is 101 cm³/mol. The summed E-state index contributed by atoms with van der Waals surface area (Å²) in [5.41, 5.74) is 0.598. The summed E-state index contributed by atoms with van der Waals surface area (Å²) in [5.74, 6) is -0.0322. The van der Waals surface area contributed by atoms with Gasteiger partial charge in [-0.2, -0.15) is 16.8 Å². The van der Waals surface area contributed by atoms with E-state index in [1.54, 1.807) is 19.2 Å². The molecule has 0 aliphatic rings. The van der Waals surface area contributed by atoms with Crippen LogP contribution in [0.25, 0.3) is 0 Å². The molecule has 1 amide bonds. The van der Waals surface area contributed by atoms with Gasteiger partial charge in [-0.05, 0) is 13.1 Å². The van der Waals surface area contributed by atoms with E-state index in [2.05, 4.69) is 21.6 Å². The maximum absolute atomic E-state index is 11.6. The number of carbonyl (C=O) groups excluding carboxylic acids is 2. The Morgan fingerprint density at radius 2 is 1.70 bits per heavy atom. The van der Waals surface area contributed by atoms with Crippen LogP contribution >= 0.6 is 0 Å². The number of carbonyl (C=O) groups is 2. The SMILES string of the molecule is C=COC(=O)N(C)c1ncccc1COC(=O)CNC.O=S(=O)(O)O.O=S(=O)(O)O. The molecule has 0 aromatic carbocycles. The van der Waals surface area contributed by atoms with Gasteiger partial charge in [-0.15, -0.1) is 0 Å².